The van der Waals surface area contributed by atoms with Crippen molar-refractivity contribution in [3.05, 3.63) is 53.1 Å². The van der Waals surface area contributed by atoms with Crippen LogP contribution in [0.5, 0.6) is 11.5 Å². The maximum atomic E-state index is 13.5. The zero-order valence-electron chi connectivity index (χ0n) is 15.4. The van der Waals surface area contributed by atoms with Crippen LogP contribution in [-0.4, -0.2) is 37.6 Å². The van der Waals surface area contributed by atoms with Gasteiger partial charge in [0, 0.05) is 10.9 Å². The van der Waals surface area contributed by atoms with Gasteiger partial charge in [-0.3, -0.25) is 4.79 Å². The molecule has 0 aromatic heterocycles. The van der Waals surface area contributed by atoms with Crippen LogP contribution in [-0.2, 0) is 12.4 Å². The molecule has 0 radical (unpaired) electrons. The first-order valence-electron chi connectivity index (χ1n) is 8.47. The predicted octanol–water partition coefficient (Wildman–Crippen LogP) is 5.02. The number of carbonyl (C=O) groups excluding carboxylic acids is 1. The van der Waals surface area contributed by atoms with E-state index in [-0.39, 0.29) is 43.1 Å². The van der Waals surface area contributed by atoms with Gasteiger partial charge >= 0.3 is 31.2 Å². The Bertz CT molecular complexity index is 848. The van der Waals surface area contributed by atoms with Crippen molar-refractivity contribution in [2.45, 2.75) is 26.2 Å². The van der Waals surface area contributed by atoms with Crippen LogP contribution in [0.25, 0.3) is 0 Å². The molecule has 0 aliphatic rings. The summed E-state index contributed by atoms with van der Waals surface area (Å²) in [6, 6.07) is 6.87. The number of hydrogen-bond acceptors (Lipinski definition) is 3. The van der Waals surface area contributed by atoms with Crippen molar-refractivity contribution < 1.29 is 40.6 Å². The Morgan fingerprint density at radius 3 is 1.87 bits per heavy atom. The fourth-order valence-corrected chi connectivity index (χ4v) is 3.69. The Morgan fingerprint density at radius 1 is 0.900 bits per heavy atom. The van der Waals surface area contributed by atoms with Gasteiger partial charge in [0.15, 0.2) is 5.52 Å². The summed E-state index contributed by atoms with van der Waals surface area (Å²) in [4.78, 5) is 12.7. The molecule has 3 nitrogen and oxygen atoms in total. The quantitative estimate of drug-likeness (QED) is 0.341. The van der Waals surface area contributed by atoms with Crippen LogP contribution in [0.4, 0.5) is 26.3 Å². The van der Waals surface area contributed by atoms with Gasteiger partial charge in [-0.25, -0.2) is 0 Å². The van der Waals surface area contributed by atoms with E-state index in [0.29, 0.717) is 12.1 Å². The monoisotopic (exact) mass is 446 g/mol. The van der Waals surface area contributed by atoms with Crippen molar-refractivity contribution in [3.63, 3.8) is 0 Å². The summed E-state index contributed by atoms with van der Waals surface area (Å²) in [6.45, 7) is 3.18. The maximum absolute atomic E-state index is 13.5. The molecule has 0 saturated carbocycles. The van der Waals surface area contributed by atoms with Crippen molar-refractivity contribution >= 4 is 38.3 Å². The molecule has 11 heteroatoms. The van der Waals surface area contributed by atoms with Gasteiger partial charge in [-0.15, -0.1) is 0 Å². The molecule has 1 unspecified atom stereocenters. The standard InChI is InChI=1S/C19H17F6O3P.Li.H/c1-3-27-11-9-12(18(20,21)22)16(13(10-11)19(23,24)25)17(26)29-15-8-6-5-7-14(15)28-4-2;;/h5-10,29H,3-4H2,1-2H3;;. The molecule has 0 heterocycles. The number of halogens is 6. The molecule has 0 aliphatic carbocycles. The summed E-state index contributed by atoms with van der Waals surface area (Å²) >= 11 is 0. The Hall–Kier alpha value is -1.68. The normalized spacial score (nSPS) is 12.0. The van der Waals surface area contributed by atoms with Gasteiger partial charge in [0.2, 0.25) is 0 Å². The second kappa shape index (κ2) is 10.6. The second-order valence-corrected chi connectivity index (χ2v) is 6.95. The number of carbonyl (C=O) groups is 1. The van der Waals surface area contributed by atoms with Crippen LogP contribution < -0.4 is 14.8 Å². The van der Waals surface area contributed by atoms with Gasteiger partial charge in [0.05, 0.1) is 24.3 Å². The minimum atomic E-state index is -5.18. The van der Waals surface area contributed by atoms with E-state index in [0.717, 1.165) is 0 Å². The van der Waals surface area contributed by atoms with E-state index < -0.39 is 48.9 Å². The number of benzene rings is 2. The topological polar surface area (TPSA) is 35.5 Å². The fourth-order valence-electron chi connectivity index (χ4n) is 2.59. The summed E-state index contributed by atoms with van der Waals surface area (Å²) in [5.74, 6) is -0.378. The summed E-state index contributed by atoms with van der Waals surface area (Å²) in [5.41, 5.74) is -6.07. The zero-order chi connectivity index (χ0) is 21.8. The van der Waals surface area contributed by atoms with Crippen LogP contribution >= 0.6 is 8.58 Å². The first kappa shape index (κ1) is 26.4. The molecule has 1 atom stereocenters. The van der Waals surface area contributed by atoms with E-state index in [1.165, 1.54) is 25.1 Å². The van der Waals surface area contributed by atoms with Gasteiger partial charge in [-0.1, -0.05) is 18.2 Å². The molecule has 2 rings (SSSR count). The van der Waals surface area contributed by atoms with Crippen LogP contribution in [0.1, 0.15) is 35.3 Å². The van der Waals surface area contributed by atoms with Crippen molar-refractivity contribution in [2.24, 2.45) is 0 Å². The molecule has 0 N–H and O–H groups in total. The predicted molar refractivity (Wildman–Crippen MR) is 105 cm³/mol. The second-order valence-electron chi connectivity index (χ2n) is 5.71. The molecule has 2 aromatic carbocycles. The SMILES string of the molecule is CCOc1cc(C(F)(F)F)c(C(=O)Pc2ccccc2OCC)c(C(F)(F)F)c1.[LiH]. The Morgan fingerprint density at radius 2 is 1.40 bits per heavy atom. The third-order valence-electron chi connectivity index (χ3n) is 3.70. The van der Waals surface area contributed by atoms with E-state index in [1.807, 2.05) is 0 Å². The average molecular weight is 446 g/mol. The van der Waals surface area contributed by atoms with Crippen LogP contribution in [0.2, 0.25) is 0 Å². The summed E-state index contributed by atoms with van der Waals surface area (Å²) in [6.07, 6.45) is -10.4. The first-order chi connectivity index (χ1) is 13.5. The molecule has 2 aromatic rings. The van der Waals surface area contributed by atoms with E-state index in [1.54, 1.807) is 13.0 Å². The number of ether oxygens (including phenoxy) is 2. The van der Waals surface area contributed by atoms with E-state index in [9.17, 15) is 31.1 Å². The fraction of sp³-hybridized carbons (Fsp3) is 0.316. The summed E-state index contributed by atoms with van der Waals surface area (Å²) in [7, 11) is -0.992. The minimum absolute atomic E-state index is 0. The first-order valence-corrected chi connectivity index (χ1v) is 9.47. The van der Waals surface area contributed by atoms with Crippen molar-refractivity contribution in [1.82, 2.24) is 0 Å². The molecule has 0 fully saturated rings. The van der Waals surface area contributed by atoms with Gasteiger partial charge in [-0.05, 0) is 40.6 Å². The van der Waals surface area contributed by atoms with Gasteiger partial charge < -0.3 is 9.47 Å². The molecule has 0 bridgehead atoms. The number of alkyl halides is 6. The molecular weight excluding hydrogens is 428 g/mol. The molecule has 0 amide bonds. The Kier molecular flexibility index (Phi) is 9.28. The number of hydrogen-bond donors (Lipinski definition) is 0. The third-order valence-corrected chi connectivity index (χ3v) is 4.86. The van der Waals surface area contributed by atoms with E-state index >= 15 is 0 Å². The molecular formula is C19H18F6LiO3P. The summed E-state index contributed by atoms with van der Waals surface area (Å²) < 4.78 is 91.4. The molecule has 30 heavy (non-hydrogen) atoms. The van der Waals surface area contributed by atoms with Gasteiger partial charge in [-0.2, -0.15) is 26.3 Å². The molecule has 0 spiro atoms. The van der Waals surface area contributed by atoms with Crippen molar-refractivity contribution in [1.29, 1.82) is 0 Å². The van der Waals surface area contributed by atoms with E-state index in [4.69, 9.17) is 9.47 Å². The molecule has 160 valence electrons. The Balaban J connectivity index is 0.00000450. The van der Waals surface area contributed by atoms with Crippen molar-refractivity contribution in [3.8, 4) is 11.5 Å². The summed E-state index contributed by atoms with van der Waals surface area (Å²) in [5, 5.41) is 0.217. The van der Waals surface area contributed by atoms with Crippen molar-refractivity contribution in [2.75, 3.05) is 13.2 Å². The molecule has 0 aliphatic heterocycles. The zero-order valence-corrected chi connectivity index (χ0v) is 16.4. The number of para-hydroxylation sites is 1. The van der Waals surface area contributed by atoms with Crippen LogP contribution in [0.15, 0.2) is 36.4 Å². The van der Waals surface area contributed by atoms with Gasteiger partial charge in [0.1, 0.15) is 11.5 Å². The average Bonchev–Trinajstić information content (AvgIpc) is 2.61. The third kappa shape index (κ3) is 6.41. The molecule has 0 saturated heterocycles. The van der Waals surface area contributed by atoms with E-state index in [2.05, 4.69) is 0 Å². The van der Waals surface area contributed by atoms with Crippen LogP contribution in [0.3, 0.4) is 0 Å². The number of rotatable bonds is 7. The van der Waals surface area contributed by atoms with Gasteiger partial charge in [0.25, 0.3) is 0 Å². The Labute approximate surface area is 183 Å². The van der Waals surface area contributed by atoms with Crippen LogP contribution in [0, 0.1) is 0 Å².